The Bertz CT molecular complexity index is 1020. The number of nitrogens with zero attached hydrogens (tertiary/aromatic N) is 4. The molecule has 10 heteroatoms. The molecular formula is C21H19F3N4O3. The number of benzene rings is 1. The van der Waals surface area contributed by atoms with Crippen LogP contribution in [0.4, 0.5) is 13.2 Å². The summed E-state index contributed by atoms with van der Waals surface area (Å²) in [5.74, 6) is -0.572. The maximum Gasteiger partial charge on any atom is 0.416 e. The monoisotopic (exact) mass is 432 g/mol. The van der Waals surface area contributed by atoms with E-state index in [0.29, 0.717) is 11.4 Å². The van der Waals surface area contributed by atoms with Crippen LogP contribution in [-0.2, 0) is 22.3 Å². The number of carbonyl (C=O) groups is 2. The van der Waals surface area contributed by atoms with E-state index in [1.165, 1.54) is 23.2 Å². The number of aromatic nitrogens is 3. The van der Waals surface area contributed by atoms with E-state index in [1.54, 1.807) is 42.3 Å². The Morgan fingerprint density at radius 3 is 2.42 bits per heavy atom. The Hall–Kier alpha value is -3.69. The highest BCUT2D eigenvalue weighted by molar-refractivity contribution is 5.95. The third-order valence-electron chi connectivity index (χ3n) is 4.33. The van der Waals surface area contributed by atoms with Crippen LogP contribution < -0.4 is 0 Å². The van der Waals surface area contributed by atoms with Gasteiger partial charge in [-0.15, -0.1) is 0 Å². The topological polar surface area (TPSA) is 77.3 Å². The molecule has 0 fully saturated rings. The number of hydrogen-bond acceptors (Lipinski definition) is 5. The van der Waals surface area contributed by atoms with Crippen molar-refractivity contribution in [1.29, 1.82) is 0 Å². The number of alkyl halides is 3. The molecule has 0 radical (unpaired) electrons. The number of imidazole rings is 1. The Kier molecular flexibility index (Phi) is 6.68. The lowest BCUT2D eigenvalue weighted by Crippen LogP contribution is -2.36. The molecule has 0 spiro atoms. The zero-order chi connectivity index (χ0) is 22.4. The molecule has 162 valence electrons. The number of esters is 1. The van der Waals surface area contributed by atoms with E-state index < -0.39 is 23.6 Å². The number of halogens is 3. The summed E-state index contributed by atoms with van der Waals surface area (Å²) in [5, 5.41) is 0. The second kappa shape index (κ2) is 9.41. The third kappa shape index (κ3) is 5.68. The first kappa shape index (κ1) is 22.0. The Balaban J connectivity index is 1.80. The molecule has 0 saturated carbocycles. The molecule has 0 atom stereocenters. The van der Waals surface area contributed by atoms with Crippen molar-refractivity contribution in [2.45, 2.75) is 19.6 Å². The smallest absolute Gasteiger partial charge is 0.416 e. The fourth-order valence-electron chi connectivity index (χ4n) is 2.82. The lowest BCUT2D eigenvalue weighted by molar-refractivity contribution is -0.144. The van der Waals surface area contributed by atoms with E-state index >= 15 is 0 Å². The average Bonchev–Trinajstić information content (AvgIpc) is 3.28. The molecule has 0 aliphatic rings. The zero-order valence-electron chi connectivity index (χ0n) is 16.5. The van der Waals surface area contributed by atoms with Gasteiger partial charge in [0, 0.05) is 25.1 Å². The predicted octanol–water partition coefficient (Wildman–Crippen LogP) is 3.49. The van der Waals surface area contributed by atoms with Gasteiger partial charge >= 0.3 is 12.1 Å². The Labute approximate surface area is 176 Å². The van der Waals surface area contributed by atoms with Crippen molar-refractivity contribution in [3.8, 4) is 5.82 Å². The first-order chi connectivity index (χ1) is 14.8. The van der Waals surface area contributed by atoms with Crippen molar-refractivity contribution in [2.24, 2.45) is 0 Å². The molecule has 31 heavy (non-hydrogen) atoms. The fraction of sp³-hybridized carbons (Fsp3) is 0.238. The Morgan fingerprint density at radius 2 is 1.87 bits per heavy atom. The van der Waals surface area contributed by atoms with Gasteiger partial charge in [0.25, 0.3) is 5.91 Å². The van der Waals surface area contributed by atoms with Crippen molar-refractivity contribution in [3.63, 3.8) is 0 Å². The highest BCUT2D eigenvalue weighted by atomic mass is 19.4. The molecule has 1 aromatic carbocycles. The van der Waals surface area contributed by atoms with Gasteiger partial charge in [0.05, 0.1) is 17.7 Å². The lowest BCUT2D eigenvalue weighted by Gasteiger charge is -2.22. The number of amides is 1. The molecule has 0 unspecified atom stereocenters. The van der Waals surface area contributed by atoms with Crippen molar-refractivity contribution >= 4 is 11.9 Å². The summed E-state index contributed by atoms with van der Waals surface area (Å²) >= 11 is 0. The maximum atomic E-state index is 13.0. The highest BCUT2D eigenvalue weighted by Gasteiger charge is 2.30. The van der Waals surface area contributed by atoms with Crippen molar-refractivity contribution in [1.82, 2.24) is 19.4 Å². The molecule has 2 heterocycles. The van der Waals surface area contributed by atoms with Crippen LogP contribution in [0.2, 0.25) is 0 Å². The first-order valence-electron chi connectivity index (χ1n) is 9.33. The SMILES string of the molecule is CCOC(=O)CN(Cc1ccc(C(F)(F)F)cc1)C(=O)c1ccc(-n2ccnc2)nc1. The van der Waals surface area contributed by atoms with Crippen molar-refractivity contribution in [2.75, 3.05) is 13.2 Å². The van der Waals surface area contributed by atoms with E-state index in [4.69, 9.17) is 4.74 Å². The van der Waals surface area contributed by atoms with Gasteiger partial charge in [0.2, 0.25) is 0 Å². The van der Waals surface area contributed by atoms with Gasteiger partial charge in [-0.05, 0) is 36.8 Å². The van der Waals surface area contributed by atoms with Gasteiger partial charge in [-0.25, -0.2) is 9.97 Å². The minimum absolute atomic E-state index is 0.0704. The van der Waals surface area contributed by atoms with Gasteiger partial charge in [-0.3, -0.25) is 14.2 Å². The molecule has 3 aromatic rings. The fourth-order valence-corrected chi connectivity index (χ4v) is 2.82. The summed E-state index contributed by atoms with van der Waals surface area (Å²) in [4.78, 5) is 34.3. The van der Waals surface area contributed by atoms with Crippen molar-refractivity contribution in [3.05, 3.63) is 78.0 Å². The molecule has 2 aromatic heterocycles. The first-order valence-corrected chi connectivity index (χ1v) is 9.33. The number of hydrogen-bond donors (Lipinski definition) is 0. The standard InChI is InChI=1S/C21H19F3N4O3/c1-2-31-19(29)13-28(12-15-3-6-17(7-4-15)21(22,23)24)20(30)16-5-8-18(26-11-16)27-10-9-25-14-27/h3-11,14H,2,12-13H2,1H3. The lowest BCUT2D eigenvalue weighted by atomic mass is 10.1. The van der Waals surface area contributed by atoms with Crippen LogP contribution in [0.15, 0.2) is 61.3 Å². The van der Waals surface area contributed by atoms with Crippen LogP contribution in [-0.4, -0.2) is 44.5 Å². The Morgan fingerprint density at radius 1 is 1.13 bits per heavy atom. The van der Waals surface area contributed by atoms with E-state index in [1.807, 2.05) is 0 Å². The average molecular weight is 432 g/mol. The largest absolute Gasteiger partial charge is 0.465 e. The summed E-state index contributed by atoms with van der Waals surface area (Å²) in [6.45, 7) is 1.36. The summed E-state index contributed by atoms with van der Waals surface area (Å²) in [6, 6.07) is 7.59. The number of ether oxygens (including phenoxy) is 1. The van der Waals surface area contributed by atoms with Crippen LogP contribution >= 0.6 is 0 Å². The molecule has 3 rings (SSSR count). The van der Waals surface area contributed by atoms with Gasteiger partial charge in [-0.2, -0.15) is 13.2 Å². The van der Waals surface area contributed by atoms with E-state index in [9.17, 15) is 22.8 Å². The highest BCUT2D eigenvalue weighted by Crippen LogP contribution is 2.29. The van der Waals surface area contributed by atoms with E-state index in [-0.39, 0.29) is 25.3 Å². The van der Waals surface area contributed by atoms with E-state index in [2.05, 4.69) is 9.97 Å². The molecule has 0 saturated heterocycles. The normalized spacial score (nSPS) is 11.2. The van der Waals surface area contributed by atoms with Gasteiger partial charge < -0.3 is 9.64 Å². The second-order valence-corrected chi connectivity index (χ2v) is 6.54. The minimum atomic E-state index is -4.46. The van der Waals surface area contributed by atoms with Gasteiger partial charge in [0.1, 0.15) is 18.7 Å². The van der Waals surface area contributed by atoms with E-state index in [0.717, 1.165) is 12.1 Å². The predicted molar refractivity (Wildman–Crippen MR) is 104 cm³/mol. The molecular weight excluding hydrogens is 413 g/mol. The van der Waals surface area contributed by atoms with Gasteiger partial charge in [-0.1, -0.05) is 12.1 Å². The molecule has 0 aliphatic heterocycles. The maximum absolute atomic E-state index is 13.0. The summed E-state index contributed by atoms with van der Waals surface area (Å²) < 4.78 is 44.9. The van der Waals surface area contributed by atoms with Crippen LogP contribution in [0, 0.1) is 0 Å². The molecule has 1 amide bonds. The van der Waals surface area contributed by atoms with Crippen LogP contribution in [0.5, 0.6) is 0 Å². The molecule has 7 nitrogen and oxygen atoms in total. The number of carbonyl (C=O) groups excluding carboxylic acids is 2. The molecule has 0 aliphatic carbocycles. The third-order valence-corrected chi connectivity index (χ3v) is 4.33. The number of rotatable bonds is 7. The zero-order valence-corrected chi connectivity index (χ0v) is 16.5. The minimum Gasteiger partial charge on any atom is -0.465 e. The van der Waals surface area contributed by atoms with Crippen molar-refractivity contribution < 1.29 is 27.5 Å². The molecule has 0 N–H and O–H groups in total. The van der Waals surface area contributed by atoms with Crippen LogP contribution in [0.25, 0.3) is 5.82 Å². The quantitative estimate of drug-likeness (QED) is 0.534. The van der Waals surface area contributed by atoms with Gasteiger partial charge in [0.15, 0.2) is 0 Å². The second-order valence-electron chi connectivity index (χ2n) is 6.54. The summed E-state index contributed by atoms with van der Waals surface area (Å²) in [7, 11) is 0. The number of pyridine rings is 1. The summed E-state index contributed by atoms with van der Waals surface area (Å²) in [5.41, 5.74) is -0.132. The molecule has 0 bridgehead atoms. The summed E-state index contributed by atoms with van der Waals surface area (Å²) in [6.07, 6.45) is 1.75. The van der Waals surface area contributed by atoms with Crippen LogP contribution in [0.3, 0.4) is 0 Å². The van der Waals surface area contributed by atoms with Crippen LogP contribution in [0.1, 0.15) is 28.4 Å².